The number of hydrogen-bond donors (Lipinski definition) is 0. The van der Waals surface area contributed by atoms with Crippen LogP contribution in [0.4, 0.5) is 0 Å². The molecule has 3 rings (SSSR count). The summed E-state index contributed by atoms with van der Waals surface area (Å²) in [7, 11) is -3.06. The topological polar surface area (TPSA) is 37.4 Å². The predicted octanol–water partition coefficient (Wildman–Crippen LogP) is 2.02. The first-order chi connectivity index (χ1) is 7.57. The second-order valence-electron chi connectivity index (χ2n) is 4.71. The van der Waals surface area contributed by atoms with Gasteiger partial charge < -0.3 is 0 Å². The molecule has 1 aliphatic carbocycles. The molecule has 2 heterocycles. The highest BCUT2D eigenvalue weighted by Gasteiger charge is 2.43. The highest BCUT2D eigenvalue weighted by Crippen LogP contribution is 2.49. The van der Waals surface area contributed by atoms with Crippen molar-refractivity contribution in [3.8, 4) is 0 Å². The fraction of sp³-hybridized carbons (Fsp3) is 0.636. The van der Waals surface area contributed by atoms with Crippen molar-refractivity contribution in [2.45, 2.75) is 25.3 Å². The van der Waals surface area contributed by atoms with Crippen LogP contribution in [0.1, 0.15) is 29.3 Å². The maximum atomic E-state index is 11.8. The van der Waals surface area contributed by atoms with Crippen LogP contribution in [0.15, 0.2) is 11.4 Å². The van der Waals surface area contributed by atoms with E-state index < -0.39 is 10.0 Å². The molecule has 1 aliphatic heterocycles. The molecule has 3 nitrogen and oxygen atoms in total. The van der Waals surface area contributed by atoms with Crippen molar-refractivity contribution in [1.29, 1.82) is 0 Å². The summed E-state index contributed by atoms with van der Waals surface area (Å²) < 4.78 is 25.3. The summed E-state index contributed by atoms with van der Waals surface area (Å²) in [5.41, 5.74) is 1.27. The lowest BCUT2D eigenvalue weighted by molar-refractivity contribution is 0.285. The number of fused-ring (bicyclic) bond motifs is 1. The van der Waals surface area contributed by atoms with E-state index in [0.29, 0.717) is 12.5 Å². The van der Waals surface area contributed by atoms with Crippen LogP contribution in [0.25, 0.3) is 0 Å². The summed E-state index contributed by atoms with van der Waals surface area (Å²) in [4.78, 5) is 1.39. The van der Waals surface area contributed by atoms with E-state index in [1.807, 2.05) is 0 Å². The molecule has 2 aliphatic rings. The minimum atomic E-state index is -3.06. The van der Waals surface area contributed by atoms with Gasteiger partial charge in [-0.3, -0.25) is 0 Å². The molecule has 1 atom stereocenters. The van der Waals surface area contributed by atoms with Crippen LogP contribution >= 0.6 is 11.3 Å². The molecule has 88 valence electrons. The van der Waals surface area contributed by atoms with Crippen molar-refractivity contribution >= 4 is 21.4 Å². The minimum absolute atomic E-state index is 0.130. The van der Waals surface area contributed by atoms with Crippen LogP contribution in [0.3, 0.4) is 0 Å². The molecule has 5 heteroatoms. The van der Waals surface area contributed by atoms with Gasteiger partial charge in [0, 0.05) is 11.4 Å². The van der Waals surface area contributed by atoms with Crippen molar-refractivity contribution < 1.29 is 8.42 Å². The molecule has 0 bridgehead atoms. The Hall–Kier alpha value is -0.390. The first kappa shape index (κ1) is 10.7. The Kier molecular flexibility index (Phi) is 2.38. The summed E-state index contributed by atoms with van der Waals surface area (Å²) >= 11 is 1.77. The molecule has 1 unspecified atom stereocenters. The van der Waals surface area contributed by atoms with Crippen LogP contribution in [0, 0.1) is 5.92 Å². The summed E-state index contributed by atoms with van der Waals surface area (Å²) in [6.07, 6.45) is 4.56. The van der Waals surface area contributed by atoms with E-state index in [1.54, 1.807) is 15.6 Å². The van der Waals surface area contributed by atoms with Gasteiger partial charge in [-0.15, -0.1) is 11.3 Å². The lowest BCUT2D eigenvalue weighted by atomic mass is 9.98. The first-order valence-corrected chi connectivity index (χ1v) is 8.33. The number of rotatable bonds is 2. The van der Waals surface area contributed by atoms with Gasteiger partial charge in [-0.25, -0.2) is 8.42 Å². The Bertz CT molecular complexity index is 502. The molecule has 0 aromatic carbocycles. The van der Waals surface area contributed by atoms with Crippen LogP contribution in [0.5, 0.6) is 0 Å². The van der Waals surface area contributed by atoms with Gasteiger partial charge in [0.2, 0.25) is 10.0 Å². The molecule has 1 aromatic heterocycles. The molecule has 0 amide bonds. The quantitative estimate of drug-likeness (QED) is 0.813. The van der Waals surface area contributed by atoms with E-state index in [-0.39, 0.29) is 6.04 Å². The molecule has 1 fully saturated rings. The van der Waals surface area contributed by atoms with E-state index in [0.717, 1.165) is 6.42 Å². The zero-order valence-electron chi connectivity index (χ0n) is 9.22. The van der Waals surface area contributed by atoms with E-state index in [4.69, 9.17) is 0 Å². The second kappa shape index (κ2) is 3.55. The molecular formula is C11H15NO2S2. The van der Waals surface area contributed by atoms with Crippen molar-refractivity contribution in [3.05, 3.63) is 21.9 Å². The highest BCUT2D eigenvalue weighted by molar-refractivity contribution is 7.88. The maximum Gasteiger partial charge on any atom is 0.211 e. The molecule has 1 aromatic rings. The summed E-state index contributed by atoms with van der Waals surface area (Å²) in [6.45, 7) is 0.660. The van der Waals surface area contributed by atoms with Crippen molar-refractivity contribution in [2.24, 2.45) is 5.92 Å². The lowest BCUT2D eigenvalue weighted by Gasteiger charge is -2.34. The average Bonchev–Trinajstić information content (AvgIpc) is 2.92. The lowest BCUT2D eigenvalue weighted by Crippen LogP contribution is -2.39. The number of nitrogens with zero attached hydrogens (tertiary/aromatic N) is 1. The predicted molar refractivity (Wildman–Crippen MR) is 65.0 cm³/mol. The van der Waals surface area contributed by atoms with Crippen LogP contribution < -0.4 is 0 Å². The molecule has 1 saturated carbocycles. The van der Waals surface area contributed by atoms with Crippen molar-refractivity contribution in [3.63, 3.8) is 0 Å². The monoisotopic (exact) mass is 257 g/mol. The highest BCUT2D eigenvalue weighted by atomic mass is 32.2. The zero-order valence-corrected chi connectivity index (χ0v) is 10.9. The third kappa shape index (κ3) is 1.71. The van der Waals surface area contributed by atoms with Crippen molar-refractivity contribution in [1.82, 2.24) is 4.31 Å². The molecule has 0 spiro atoms. The minimum Gasteiger partial charge on any atom is -0.212 e. The zero-order chi connectivity index (χ0) is 11.3. The van der Waals surface area contributed by atoms with Crippen LogP contribution in [-0.4, -0.2) is 25.5 Å². The molecule has 16 heavy (non-hydrogen) atoms. The van der Waals surface area contributed by atoms with Gasteiger partial charge in [-0.05, 0) is 42.2 Å². The van der Waals surface area contributed by atoms with E-state index >= 15 is 0 Å². The summed E-state index contributed by atoms with van der Waals surface area (Å²) in [5, 5.41) is 2.09. The second-order valence-corrected chi connectivity index (χ2v) is 7.64. The smallest absolute Gasteiger partial charge is 0.211 e. The SMILES string of the molecule is CS(=O)(=O)N1CCc2sccc2C1C1CC1. The van der Waals surface area contributed by atoms with Gasteiger partial charge >= 0.3 is 0 Å². The van der Waals surface area contributed by atoms with Crippen LogP contribution in [-0.2, 0) is 16.4 Å². The van der Waals surface area contributed by atoms with Crippen LogP contribution in [0.2, 0.25) is 0 Å². The third-order valence-electron chi connectivity index (χ3n) is 3.46. The van der Waals surface area contributed by atoms with Crippen molar-refractivity contribution in [2.75, 3.05) is 12.8 Å². The number of sulfonamides is 1. The standard InChI is InChI=1S/C11H15NO2S2/c1-16(13,14)12-6-4-10-9(5-7-15-10)11(12)8-2-3-8/h5,7-8,11H,2-4,6H2,1H3. The van der Waals surface area contributed by atoms with Gasteiger partial charge in [-0.2, -0.15) is 4.31 Å². The largest absolute Gasteiger partial charge is 0.212 e. The summed E-state index contributed by atoms with van der Waals surface area (Å²) in [5.74, 6) is 0.559. The molecule has 0 radical (unpaired) electrons. The van der Waals surface area contributed by atoms with Gasteiger partial charge in [0.1, 0.15) is 0 Å². The average molecular weight is 257 g/mol. The van der Waals surface area contributed by atoms with E-state index in [9.17, 15) is 8.42 Å². The Morgan fingerprint density at radius 1 is 1.44 bits per heavy atom. The Labute approximate surface area is 100 Å². The normalized spacial score (nSPS) is 26.7. The van der Waals surface area contributed by atoms with Gasteiger partial charge in [-0.1, -0.05) is 0 Å². The van der Waals surface area contributed by atoms with E-state index in [1.165, 1.54) is 29.5 Å². The van der Waals surface area contributed by atoms with E-state index in [2.05, 4.69) is 11.4 Å². The van der Waals surface area contributed by atoms with Gasteiger partial charge in [0.15, 0.2) is 0 Å². The third-order valence-corrected chi connectivity index (χ3v) is 5.72. The number of thiophene rings is 1. The maximum absolute atomic E-state index is 11.8. The number of hydrogen-bond acceptors (Lipinski definition) is 3. The van der Waals surface area contributed by atoms with Gasteiger partial charge in [0.25, 0.3) is 0 Å². The Balaban J connectivity index is 2.04. The molecule has 0 N–H and O–H groups in total. The fourth-order valence-corrected chi connectivity index (χ4v) is 4.63. The Morgan fingerprint density at radius 2 is 2.19 bits per heavy atom. The first-order valence-electron chi connectivity index (χ1n) is 5.60. The molecular weight excluding hydrogens is 242 g/mol. The fourth-order valence-electron chi connectivity index (χ4n) is 2.60. The Morgan fingerprint density at radius 3 is 2.81 bits per heavy atom. The van der Waals surface area contributed by atoms with Gasteiger partial charge in [0.05, 0.1) is 12.3 Å². The summed E-state index contributed by atoms with van der Waals surface area (Å²) in [6, 6.07) is 2.24. The molecule has 0 saturated heterocycles.